The number of carbonyl (C=O) groups is 3. The van der Waals surface area contributed by atoms with E-state index in [9.17, 15) is 19.5 Å². The quantitative estimate of drug-likeness (QED) is 0.473. The molecule has 2 N–H and O–H groups in total. The number of aromatic carboxylic acids is 1. The Morgan fingerprint density at radius 2 is 1.79 bits per heavy atom. The van der Waals surface area contributed by atoms with E-state index < -0.39 is 5.97 Å². The molecule has 9 heteroatoms. The van der Waals surface area contributed by atoms with Crippen LogP contribution in [0.15, 0.2) is 6.07 Å². The van der Waals surface area contributed by atoms with Crippen molar-refractivity contribution in [3.63, 3.8) is 0 Å². The van der Waals surface area contributed by atoms with Crippen LogP contribution in [-0.2, 0) is 9.53 Å². The van der Waals surface area contributed by atoms with Crippen LogP contribution < -0.4 is 10.2 Å². The van der Waals surface area contributed by atoms with Gasteiger partial charge in [-0.25, -0.2) is 9.59 Å². The zero-order chi connectivity index (χ0) is 28.2. The molecule has 3 heterocycles. The molecule has 39 heavy (non-hydrogen) atoms. The molecule has 1 atom stereocenters. The van der Waals surface area contributed by atoms with E-state index in [1.807, 2.05) is 20.8 Å². The maximum Gasteiger partial charge on any atom is 0.410 e. The Morgan fingerprint density at radius 1 is 1.10 bits per heavy atom. The molecule has 2 aliphatic heterocycles. The second-order valence-corrected chi connectivity index (χ2v) is 13.4. The highest BCUT2D eigenvalue weighted by Gasteiger charge is 2.38. The minimum absolute atomic E-state index is 0.00633. The Labute approximate surface area is 236 Å². The summed E-state index contributed by atoms with van der Waals surface area (Å²) in [6.45, 7) is 10.8. The van der Waals surface area contributed by atoms with Gasteiger partial charge >= 0.3 is 12.1 Å². The van der Waals surface area contributed by atoms with Gasteiger partial charge in [-0.1, -0.05) is 18.8 Å². The van der Waals surface area contributed by atoms with Crippen LogP contribution in [0.4, 0.5) is 10.5 Å². The lowest BCUT2D eigenvalue weighted by molar-refractivity contribution is -0.124. The Hall–Kier alpha value is -2.57. The maximum absolute atomic E-state index is 14.1. The first-order chi connectivity index (χ1) is 18.5. The van der Waals surface area contributed by atoms with Crippen molar-refractivity contribution in [1.82, 2.24) is 10.2 Å². The Kier molecular flexibility index (Phi) is 9.60. The van der Waals surface area contributed by atoms with E-state index in [0.717, 1.165) is 56.4 Å². The fourth-order valence-electron chi connectivity index (χ4n) is 5.67. The summed E-state index contributed by atoms with van der Waals surface area (Å²) in [7, 11) is 0. The number of carbonyl (C=O) groups excluding carboxylic acids is 2. The fourth-order valence-corrected chi connectivity index (χ4v) is 6.51. The van der Waals surface area contributed by atoms with Gasteiger partial charge in [-0.3, -0.25) is 4.79 Å². The molecule has 0 radical (unpaired) electrons. The Morgan fingerprint density at radius 3 is 2.38 bits per heavy atom. The molecular formula is C30H43N3O5S. The van der Waals surface area contributed by atoms with Gasteiger partial charge < -0.3 is 25.0 Å². The summed E-state index contributed by atoms with van der Waals surface area (Å²) in [5.41, 5.74) is 0.223. The zero-order valence-corrected chi connectivity index (χ0v) is 24.6. The molecule has 2 saturated heterocycles. The van der Waals surface area contributed by atoms with Crippen molar-refractivity contribution in [2.24, 2.45) is 17.3 Å². The lowest BCUT2D eigenvalue weighted by Crippen LogP contribution is -2.51. The van der Waals surface area contributed by atoms with Gasteiger partial charge in [-0.2, -0.15) is 0 Å². The van der Waals surface area contributed by atoms with E-state index in [0.29, 0.717) is 49.0 Å². The summed E-state index contributed by atoms with van der Waals surface area (Å²) in [6.07, 6.45) is 6.25. The largest absolute Gasteiger partial charge is 0.477 e. The van der Waals surface area contributed by atoms with Crippen molar-refractivity contribution in [2.45, 2.75) is 91.2 Å². The summed E-state index contributed by atoms with van der Waals surface area (Å²) in [5.74, 6) is 5.77. The number of piperidine rings is 2. The van der Waals surface area contributed by atoms with Crippen molar-refractivity contribution >= 4 is 35.0 Å². The summed E-state index contributed by atoms with van der Waals surface area (Å²) in [4.78, 5) is 43.5. The Balaban J connectivity index is 1.56. The molecule has 8 nitrogen and oxygen atoms in total. The van der Waals surface area contributed by atoms with Crippen LogP contribution in [0.3, 0.4) is 0 Å². The normalized spacial score (nSPS) is 24.4. The molecule has 3 aliphatic rings. The number of carboxylic acid groups (broad SMARTS) is 1. The third kappa shape index (κ3) is 7.76. The van der Waals surface area contributed by atoms with E-state index in [-0.39, 0.29) is 40.4 Å². The van der Waals surface area contributed by atoms with Crippen molar-refractivity contribution < 1.29 is 24.2 Å². The number of amides is 2. The van der Waals surface area contributed by atoms with Crippen LogP contribution in [0, 0.1) is 29.1 Å². The van der Waals surface area contributed by atoms with Gasteiger partial charge in [0.15, 0.2) is 0 Å². The molecule has 2 amide bonds. The summed E-state index contributed by atoms with van der Waals surface area (Å²) >= 11 is 1.13. The van der Waals surface area contributed by atoms with Gasteiger partial charge in [0, 0.05) is 37.0 Å². The number of hydrogen-bond acceptors (Lipinski definition) is 6. The average molecular weight is 558 g/mol. The summed E-state index contributed by atoms with van der Waals surface area (Å²) in [5, 5.41) is 13.4. The van der Waals surface area contributed by atoms with Gasteiger partial charge in [0.05, 0.1) is 10.6 Å². The smallest absolute Gasteiger partial charge is 0.410 e. The number of thiophene rings is 1. The topological polar surface area (TPSA) is 99.2 Å². The average Bonchev–Trinajstić information content (AvgIpc) is 3.33. The number of nitrogens with zero attached hydrogens (tertiary/aromatic N) is 2. The summed E-state index contributed by atoms with van der Waals surface area (Å²) < 4.78 is 5.72. The van der Waals surface area contributed by atoms with Crippen LogP contribution in [0.2, 0.25) is 0 Å². The minimum Gasteiger partial charge on any atom is -0.477 e. The molecule has 0 bridgehead atoms. The third-order valence-corrected chi connectivity index (χ3v) is 8.96. The van der Waals surface area contributed by atoms with Gasteiger partial charge in [0.1, 0.15) is 11.0 Å². The van der Waals surface area contributed by atoms with E-state index in [1.54, 1.807) is 15.9 Å². The molecular weight excluding hydrogens is 514 g/mol. The van der Waals surface area contributed by atoms with Gasteiger partial charge in [-0.15, -0.1) is 11.3 Å². The number of hydrogen-bond donors (Lipinski definition) is 2. The minimum atomic E-state index is -1.05. The molecule has 0 spiro atoms. The van der Waals surface area contributed by atoms with Crippen molar-refractivity contribution in [3.05, 3.63) is 15.8 Å². The van der Waals surface area contributed by atoms with Crippen molar-refractivity contribution in [3.8, 4) is 11.8 Å². The molecule has 4 rings (SSSR count). The second kappa shape index (κ2) is 12.7. The van der Waals surface area contributed by atoms with Crippen molar-refractivity contribution in [2.75, 3.05) is 31.1 Å². The molecule has 1 unspecified atom stereocenters. The Bertz CT molecular complexity index is 1090. The lowest BCUT2D eigenvalue weighted by atomic mass is 9.82. The molecule has 1 aromatic rings. The van der Waals surface area contributed by atoms with E-state index in [4.69, 9.17) is 4.74 Å². The number of rotatable bonds is 5. The number of anilines is 1. The first-order valence-electron chi connectivity index (χ1n) is 14.4. The third-order valence-electron chi connectivity index (χ3n) is 7.94. The lowest BCUT2D eigenvalue weighted by Gasteiger charge is -2.40. The van der Waals surface area contributed by atoms with E-state index in [2.05, 4.69) is 24.1 Å². The number of nitrogens with one attached hydrogen (secondary N) is 1. The SMILES string of the molecule is CC1CCC(C(=O)N(c2cc(C#CC(C)(C)C)sc2C(=O)O)C2CCN(C(=O)OC3CCCNC3)CC2)CC1. The van der Waals surface area contributed by atoms with Gasteiger partial charge in [-0.05, 0) is 90.7 Å². The van der Waals surface area contributed by atoms with Crippen molar-refractivity contribution in [1.29, 1.82) is 0 Å². The number of likely N-dealkylation sites (tertiary alicyclic amines) is 1. The van der Waals surface area contributed by atoms with Crippen LogP contribution in [0.1, 0.15) is 93.6 Å². The molecule has 0 aromatic carbocycles. The maximum atomic E-state index is 14.1. The van der Waals surface area contributed by atoms with E-state index >= 15 is 0 Å². The first kappa shape index (κ1) is 29.4. The molecule has 3 fully saturated rings. The second-order valence-electron chi connectivity index (χ2n) is 12.4. The highest BCUT2D eigenvalue weighted by Crippen LogP contribution is 2.38. The standard InChI is InChI=1S/C30H43N3O5S/c1-20-7-9-21(10-8-20)27(34)33(25-18-24(11-14-30(2,3)4)39-26(25)28(35)36)22-12-16-32(17-13-22)29(37)38-23-6-5-15-31-19-23/h18,20-23,31H,5-10,12-13,15-17,19H2,1-4H3,(H,35,36). The van der Waals surface area contributed by atoms with E-state index in [1.165, 1.54) is 0 Å². The molecule has 1 aliphatic carbocycles. The zero-order valence-electron chi connectivity index (χ0n) is 23.8. The first-order valence-corrected chi connectivity index (χ1v) is 15.2. The highest BCUT2D eigenvalue weighted by molar-refractivity contribution is 7.15. The predicted molar refractivity (Wildman–Crippen MR) is 153 cm³/mol. The van der Waals surface area contributed by atoms with Gasteiger partial charge in [0.25, 0.3) is 0 Å². The summed E-state index contributed by atoms with van der Waals surface area (Å²) in [6, 6.07) is 1.60. The molecule has 214 valence electrons. The van der Waals surface area contributed by atoms with Crippen LogP contribution in [-0.4, -0.2) is 66.3 Å². The molecule has 1 aromatic heterocycles. The van der Waals surface area contributed by atoms with Crippen LogP contribution >= 0.6 is 11.3 Å². The fraction of sp³-hybridized carbons (Fsp3) is 0.700. The number of carboxylic acids is 1. The number of ether oxygens (including phenoxy) is 1. The van der Waals surface area contributed by atoms with Crippen LogP contribution in [0.5, 0.6) is 0 Å². The van der Waals surface area contributed by atoms with Crippen LogP contribution in [0.25, 0.3) is 0 Å². The van der Waals surface area contributed by atoms with Gasteiger partial charge in [0.2, 0.25) is 5.91 Å². The molecule has 1 saturated carbocycles. The predicted octanol–water partition coefficient (Wildman–Crippen LogP) is 5.36. The highest BCUT2D eigenvalue weighted by atomic mass is 32.1. The monoisotopic (exact) mass is 557 g/mol.